The zero-order valence-corrected chi connectivity index (χ0v) is 10.0. The number of thiophene rings is 1. The topological polar surface area (TPSA) is 76.2 Å². The van der Waals surface area contributed by atoms with Gasteiger partial charge in [0.2, 0.25) is 0 Å². The van der Waals surface area contributed by atoms with Crippen LogP contribution in [-0.4, -0.2) is 4.92 Å². The monoisotopic (exact) mass is 260 g/mol. The molecule has 0 saturated heterocycles. The van der Waals surface area contributed by atoms with Gasteiger partial charge in [-0.2, -0.15) is 5.26 Å². The third-order valence-electron chi connectivity index (χ3n) is 2.23. The largest absolute Gasteiger partial charge is 0.481 e. The van der Waals surface area contributed by atoms with E-state index >= 15 is 0 Å². The molecule has 0 atom stereocenters. The lowest BCUT2D eigenvalue weighted by atomic mass is 10.2. The van der Waals surface area contributed by atoms with Crippen LogP contribution in [0.3, 0.4) is 0 Å². The Bertz CT molecular complexity index is 602. The van der Waals surface area contributed by atoms with Crippen LogP contribution in [0, 0.1) is 21.4 Å². The van der Waals surface area contributed by atoms with Crippen LogP contribution >= 0.6 is 11.3 Å². The lowest BCUT2D eigenvalue weighted by Gasteiger charge is -2.05. The van der Waals surface area contributed by atoms with Crippen molar-refractivity contribution in [1.29, 1.82) is 5.26 Å². The summed E-state index contributed by atoms with van der Waals surface area (Å²) in [6.45, 7) is 0.282. The van der Waals surface area contributed by atoms with E-state index in [1.54, 1.807) is 0 Å². The van der Waals surface area contributed by atoms with Crippen LogP contribution in [0.2, 0.25) is 0 Å². The van der Waals surface area contributed by atoms with Crippen molar-refractivity contribution in [2.75, 3.05) is 0 Å². The number of ether oxygens (including phenoxy) is 1. The summed E-state index contributed by atoms with van der Waals surface area (Å²) in [6, 6.07) is 9.79. The highest BCUT2D eigenvalue weighted by atomic mass is 32.1. The van der Waals surface area contributed by atoms with E-state index in [0.29, 0.717) is 0 Å². The fourth-order valence-corrected chi connectivity index (χ4v) is 2.01. The van der Waals surface area contributed by atoms with E-state index < -0.39 is 4.92 Å². The van der Waals surface area contributed by atoms with E-state index in [4.69, 9.17) is 10.00 Å². The minimum Gasteiger partial charge on any atom is -0.481 e. The summed E-state index contributed by atoms with van der Waals surface area (Å²) in [7, 11) is 0. The molecule has 0 bridgehead atoms. The number of benzene rings is 1. The first-order chi connectivity index (χ1) is 8.70. The van der Waals surface area contributed by atoms with Gasteiger partial charge in [-0.25, -0.2) is 0 Å². The fraction of sp³-hybridized carbons (Fsp3) is 0.0833. The fourth-order valence-electron chi connectivity index (χ4n) is 1.40. The standard InChI is InChI=1S/C12H8N2O3S/c13-7-9-3-4-12(11(6-9)14(15)16)17-8-10-2-1-5-18-10/h1-6H,8H2. The normalized spacial score (nSPS) is 9.72. The lowest BCUT2D eigenvalue weighted by molar-refractivity contribution is -0.386. The Morgan fingerprint density at radius 2 is 2.28 bits per heavy atom. The highest BCUT2D eigenvalue weighted by molar-refractivity contribution is 7.09. The summed E-state index contributed by atoms with van der Waals surface area (Å²) in [4.78, 5) is 11.3. The van der Waals surface area contributed by atoms with Gasteiger partial charge in [0.05, 0.1) is 16.6 Å². The van der Waals surface area contributed by atoms with Crippen molar-refractivity contribution in [3.63, 3.8) is 0 Å². The molecule has 0 N–H and O–H groups in total. The van der Waals surface area contributed by atoms with Crippen molar-refractivity contribution in [2.45, 2.75) is 6.61 Å². The molecule has 0 saturated carbocycles. The molecule has 90 valence electrons. The van der Waals surface area contributed by atoms with Crippen molar-refractivity contribution in [2.24, 2.45) is 0 Å². The minimum absolute atomic E-state index is 0.174. The van der Waals surface area contributed by atoms with Crippen LogP contribution in [-0.2, 0) is 6.61 Å². The molecule has 1 aromatic carbocycles. The second-order valence-corrected chi connectivity index (χ2v) is 4.45. The van der Waals surface area contributed by atoms with Crippen molar-refractivity contribution in [3.8, 4) is 11.8 Å². The number of nitriles is 1. The predicted molar refractivity (Wildman–Crippen MR) is 66.5 cm³/mol. The summed E-state index contributed by atoms with van der Waals surface area (Å²) in [5.41, 5.74) is 0.0516. The van der Waals surface area contributed by atoms with Crippen LogP contribution in [0.4, 0.5) is 5.69 Å². The number of nitro groups is 1. The molecular weight excluding hydrogens is 252 g/mol. The van der Waals surface area contributed by atoms with Crippen LogP contribution < -0.4 is 4.74 Å². The molecule has 0 spiro atoms. The maximum atomic E-state index is 10.9. The second-order valence-electron chi connectivity index (χ2n) is 3.42. The smallest absolute Gasteiger partial charge is 0.312 e. The maximum Gasteiger partial charge on any atom is 0.312 e. The average molecular weight is 260 g/mol. The molecule has 5 nitrogen and oxygen atoms in total. The van der Waals surface area contributed by atoms with E-state index in [2.05, 4.69) is 0 Å². The van der Waals surface area contributed by atoms with Gasteiger partial charge in [0.1, 0.15) is 6.61 Å². The molecule has 1 aromatic heterocycles. The molecule has 0 aliphatic rings. The van der Waals surface area contributed by atoms with Crippen molar-refractivity contribution < 1.29 is 9.66 Å². The average Bonchev–Trinajstić information content (AvgIpc) is 2.89. The molecule has 0 aliphatic heterocycles. The van der Waals surface area contributed by atoms with Crippen LogP contribution in [0.15, 0.2) is 35.7 Å². The number of nitro benzene ring substituents is 1. The third kappa shape index (κ3) is 2.64. The first-order valence-electron chi connectivity index (χ1n) is 5.04. The molecule has 6 heteroatoms. The Labute approximate surface area is 107 Å². The van der Waals surface area contributed by atoms with Gasteiger partial charge in [-0.3, -0.25) is 10.1 Å². The van der Waals surface area contributed by atoms with Gasteiger partial charge in [0, 0.05) is 10.9 Å². The van der Waals surface area contributed by atoms with Crippen molar-refractivity contribution in [3.05, 3.63) is 56.3 Å². The Kier molecular flexibility index (Phi) is 3.55. The number of rotatable bonds is 4. The van der Waals surface area contributed by atoms with Crippen LogP contribution in [0.5, 0.6) is 5.75 Å². The van der Waals surface area contributed by atoms with Gasteiger partial charge in [-0.1, -0.05) is 6.07 Å². The zero-order chi connectivity index (χ0) is 13.0. The van der Waals surface area contributed by atoms with E-state index in [9.17, 15) is 10.1 Å². The molecule has 0 radical (unpaired) electrons. The lowest BCUT2D eigenvalue weighted by Crippen LogP contribution is -1.98. The van der Waals surface area contributed by atoms with Crippen LogP contribution in [0.25, 0.3) is 0 Å². The van der Waals surface area contributed by atoms with Gasteiger partial charge < -0.3 is 4.74 Å². The van der Waals surface area contributed by atoms with Gasteiger partial charge >= 0.3 is 5.69 Å². The van der Waals surface area contributed by atoms with Crippen LogP contribution in [0.1, 0.15) is 10.4 Å². The van der Waals surface area contributed by atoms with Crippen molar-refractivity contribution in [1.82, 2.24) is 0 Å². The molecule has 2 rings (SSSR count). The van der Waals surface area contributed by atoms with E-state index in [1.165, 1.54) is 29.5 Å². The quantitative estimate of drug-likeness (QED) is 0.625. The third-order valence-corrected chi connectivity index (χ3v) is 3.08. The molecule has 0 amide bonds. The van der Waals surface area contributed by atoms with Crippen molar-refractivity contribution >= 4 is 17.0 Å². The first kappa shape index (κ1) is 12.1. The summed E-state index contributed by atoms with van der Waals surface area (Å²) in [5, 5.41) is 21.5. The second kappa shape index (κ2) is 5.29. The number of hydrogen-bond acceptors (Lipinski definition) is 5. The molecule has 0 aliphatic carbocycles. The maximum absolute atomic E-state index is 10.9. The van der Waals surface area contributed by atoms with E-state index in [-0.39, 0.29) is 23.6 Å². The first-order valence-corrected chi connectivity index (χ1v) is 5.92. The molecule has 1 heterocycles. The molecule has 0 fully saturated rings. The highest BCUT2D eigenvalue weighted by Crippen LogP contribution is 2.28. The number of hydrogen-bond donors (Lipinski definition) is 0. The Balaban J connectivity index is 2.22. The van der Waals surface area contributed by atoms with E-state index in [1.807, 2.05) is 23.6 Å². The summed E-state index contributed by atoms with van der Waals surface area (Å²) < 4.78 is 5.40. The molecular formula is C12H8N2O3S. The molecule has 2 aromatic rings. The SMILES string of the molecule is N#Cc1ccc(OCc2cccs2)c([N+](=O)[O-])c1. The summed E-state index contributed by atoms with van der Waals surface area (Å²) in [6.07, 6.45) is 0. The summed E-state index contributed by atoms with van der Waals surface area (Å²) in [5.74, 6) is 0.174. The molecule has 18 heavy (non-hydrogen) atoms. The Morgan fingerprint density at radius 3 is 2.89 bits per heavy atom. The molecule has 0 unspecified atom stereocenters. The van der Waals surface area contributed by atoms with Gasteiger partial charge in [0.25, 0.3) is 0 Å². The highest BCUT2D eigenvalue weighted by Gasteiger charge is 2.16. The minimum atomic E-state index is -0.551. The van der Waals surface area contributed by atoms with Gasteiger partial charge in [-0.15, -0.1) is 11.3 Å². The summed E-state index contributed by atoms with van der Waals surface area (Å²) >= 11 is 1.52. The van der Waals surface area contributed by atoms with E-state index in [0.717, 1.165) is 4.88 Å². The predicted octanol–water partition coefficient (Wildman–Crippen LogP) is 3.11. The number of nitrogens with zero attached hydrogens (tertiary/aromatic N) is 2. The zero-order valence-electron chi connectivity index (χ0n) is 9.20. The van der Waals surface area contributed by atoms with Gasteiger partial charge in [0.15, 0.2) is 5.75 Å². The van der Waals surface area contributed by atoms with Gasteiger partial charge in [-0.05, 0) is 23.6 Å². The Morgan fingerprint density at radius 1 is 1.44 bits per heavy atom. The Hall–Kier alpha value is -2.39.